The van der Waals surface area contributed by atoms with Gasteiger partial charge in [0.2, 0.25) is 11.8 Å². The lowest BCUT2D eigenvalue weighted by molar-refractivity contribution is -0.149. The third-order valence-electron chi connectivity index (χ3n) is 5.19. The van der Waals surface area contributed by atoms with Crippen molar-refractivity contribution in [3.63, 3.8) is 0 Å². The normalized spacial score (nSPS) is 20.0. The minimum Gasteiger partial charge on any atom is -0.489 e. The van der Waals surface area contributed by atoms with Gasteiger partial charge in [0.1, 0.15) is 5.75 Å². The summed E-state index contributed by atoms with van der Waals surface area (Å²) < 4.78 is 5.93. The SMILES string of the molecule is CC(C)Oc1ccccc1N1CCN(CC(O)CN2C(=O)CCCC2=O)CC1. The number of likely N-dealkylation sites (tertiary alicyclic amines) is 1. The van der Waals surface area contributed by atoms with Gasteiger partial charge in [0.15, 0.2) is 0 Å². The fourth-order valence-electron chi connectivity index (χ4n) is 3.81. The van der Waals surface area contributed by atoms with Gasteiger partial charge in [0, 0.05) is 45.6 Å². The predicted octanol–water partition coefficient (Wildman–Crippen LogP) is 1.50. The zero-order chi connectivity index (χ0) is 20.1. The van der Waals surface area contributed by atoms with Gasteiger partial charge in [-0.15, -0.1) is 0 Å². The van der Waals surface area contributed by atoms with Crippen molar-refractivity contribution in [3.8, 4) is 5.75 Å². The number of carbonyl (C=O) groups excluding carboxylic acids is 2. The summed E-state index contributed by atoms with van der Waals surface area (Å²) in [4.78, 5) is 29.5. The third kappa shape index (κ3) is 5.23. The first-order valence-corrected chi connectivity index (χ1v) is 10.2. The van der Waals surface area contributed by atoms with Gasteiger partial charge in [-0.3, -0.25) is 19.4 Å². The number of piperidine rings is 1. The number of para-hydroxylation sites is 2. The monoisotopic (exact) mass is 389 g/mol. The Labute approximate surface area is 166 Å². The number of hydrogen-bond acceptors (Lipinski definition) is 6. The van der Waals surface area contributed by atoms with Crippen molar-refractivity contribution in [1.29, 1.82) is 0 Å². The van der Waals surface area contributed by atoms with Gasteiger partial charge in [0.05, 0.1) is 24.4 Å². The van der Waals surface area contributed by atoms with Crippen LogP contribution in [0.1, 0.15) is 33.1 Å². The van der Waals surface area contributed by atoms with Gasteiger partial charge < -0.3 is 14.7 Å². The number of anilines is 1. The molecule has 2 amide bonds. The van der Waals surface area contributed by atoms with Crippen molar-refractivity contribution in [2.75, 3.05) is 44.2 Å². The predicted molar refractivity (Wildman–Crippen MR) is 107 cm³/mol. The molecule has 154 valence electrons. The summed E-state index contributed by atoms with van der Waals surface area (Å²) >= 11 is 0. The van der Waals surface area contributed by atoms with E-state index in [0.717, 1.165) is 37.6 Å². The third-order valence-corrected chi connectivity index (χ3v) is 5.19. The molecule has 2 aliphatic heterocycles. The molecular weight excluding hydrogens is 358 g/mol. The van der Waals surface area contributed by atoms with Crippen LogP contribution in [-0.2, 0) is 9.59 Å². The topological polar surface area (TPSA) is 73.3 Å². The number of nitrogens with zero attached hydrogens (tertiary/aromatic N) is 3. The van der Waals surface area contributed by atoms with Crippen molar-refractivity contribution in [1.82, 2.24) is 9.80 Å². The lowest BCUT2D eigenvalue weighted by atomic mass is 10.1. The largest absolute Gasteiger partial charge is 0.489 e. The summed E-state index contributed by atoms with van der Waals surface area (Å²) in [6, 6.07) is 8.08. The average molecular weight is 389 g/mol. The van der Waals surface area contributed by atoms with Gasteiger partial charge >= 0.3 is 0 Å². The van der Waals surface area contributed by atoms with Crippen molar-refractivity contribution < 1.29 is 19.4 Å². The lowest BCUT2D eigenvalue weighted by Gasteiger charge is -2.38. The number of ether oxygens (including phenoxy) is 1. The highest BCUT2D eigenvalue weighted by molar-refractivity contribution is 5.97. The van der Waals surface area contributed by atoms with Crippen LogP contribution in [0.5, 0.6) is 5.75 Å². The van der Waals surface area contributed by atoms with Gasteiger partial charge in [-0.05, 0) is 32.4 Å². The summed E-state index contributed by atoms with van der Waals surface area (Å²) in [5, 5.41) is 10.4. The maximum Gasteiger partial charge on any atom is 0.229 e. The van der Waals surface area contributed by atoms with E-state index >= 15 is 0 Å². The molecule has 1 N–H and O–H groups in total. The van der Waals surface area contributed by atoms with E-state index in [1.807, 2.05) is 32.0 Å². The summed E-state index contributed by atoms with van der Waals surface area (Å²) in [6.45, 7) is 7.92. The number of aliphatic hydroxyl groups excluding tert-OH is 1. The van der Waals surface area contributed by atoms with Crippen molar-refractivity contribution >= 4 is 17.5 Å². The van der Waals surface area contributed by atoms with E-state index in [-0.39, 0.29) is 24.5 Å². The fourth-order valence-corrected chi connectivity index (χ4v) is 3.81. The summed E-state index contributed by atoms with van der Waals surface area (Å²) in [6.07, 6.45) is 0.824. The first-order valence-electron chi connectivity index (χ1n) is 10.2. The minimum atomic E-state index is -0.714. The van der Waals surface area contributed by atoms with Crippen LogP contribution < -0.4 is 9.64 Å². The molecule has 0 spiro atoms. The molecule has 1 unspecified atom stereocenters. The number of aliphatic hydroxyl groups is 1. The Kier molecular flexibility index (Phi) is 6.91. The van der Waals surface area contributed by atoms with E-state index in [2.05, 4.69) is 15.9 Å². The molecule has 7 heteroatoms. The van der Waals surface area contributed by atoms with Gasteiger partial charge in [0.25, 0.3) is 0 Å². The Hall–Kier alpha value is -2.12. The molecule has 2 heterocycles. The number of hydrogen-bond donors (Lipinski definition) is 1. The molecule has 3 rings (SSSR count). The molecule has 0 bridgehead atoms. The first kappa shape index (κ1) is 20.6. The van der Waals surface area contributed by atoms with Crippen LogP contribution in [0.4, 0.5) is 5.69 Å². The molecule has 0 aliphatic carbocycles. The summed E-state index contributed by atoms with van der Waals surface area (Å²) in [7, 11) is 0. The van der Waals surface area contributed by atoms with Crippen LogP contribution in [0, 0.1) is 0 Å². The van der Waals surface area contributed by atoms with E-state index in [4.69, 9.17) is 4.74 Å². The number of piperazine rings is 1. The van der Waals surface area contributed by atoms with E-state index < -0.39 is 6.10 Å². The van der Waals surface area contributed by atoms with E-state index in [1.54, 1.807) is 0 Å². The molecule has 7 nitrogen and oxygen atoms in total. The van der Waals surface area contributed by atoms with E-state index in [0.29, 0.717) is 25.8 Å². The molecule has 1 aromatic carbocycles. The van der Waals surface area contributed by atoms with Crippen molar-refractivity contribution in [2.24, 2.45) is 0 Å². The Bertz CT molecular complexity index is 670. The standard InChI is InChI=1S/C21H31N3O4/c1-16(2)28-19-7-4-3-6-18(19)23-12-10-22(11-13-23)14-17(25)15-24-20(26)8-5-9-21(24)27/h3-4,6-7,16-17,25H,5,8-15H2,1-2H3. The molecule has 2 saturated heterocycles. The smallest absolute Gasteiger partial charge is 0.229 e. The highest BCUT2D eigenvalue weighted by Gasteiger charge is 2.29. The second-order valence-electron chi connectivity index (χ2n) is 7.83. The number of β-amino-alcohol motifs (C(OH)–C–C–N with tert-alkyl or cyclic N) is 1. The minimum absolute atomic E-state index is 0.100. The van der Waals surface area contributed by atoms with E-state index in [9.17, 15) is 14.7 Å². The molecule has 2 fully saturated rings. The van der Waals surface area contributed by atoms with Crippen molar-refractivity contribution in [2.45, 2.75) is 45.3 Å². The second-order valence-corrected chi connectivity index (χ2v) is 7.83. The van der Waals surface area contributed by atoms with Crippen molar-refractivity contribution in [3.05, 3.63) is 24.3 Å². The number of carbonyl (C=O) groups is 2. The van der Waals surface area contributed by atoms with Gasteiger partial charge in [-0.25, -0.2) is 0 Å². The fraction of sp³-hybridized carbons (Fsp3) is 0.619. The number of rotatable bonds is 7. The Morgan fingerprint density at radius 2 is 1.64 bits per heavy atom. The Balaban J connectivity index is 1.50. The molecule has 1 aromatic rings. The van der Waals surface area contributed by atoms with Crippen LogP contribution in [0.15, 0.2) is 24.3 Å². The number of amides is 2. The number of benzene rings is 1. The van der Waals surface area contributed by atoms with Crippen LogP contribution in [0.2, 0.25) is 0 Å². The average Bonchev–Trinajstić information content (AvgIpc) is 2.66. The molecule has 1 atom stereocenters. The Morgan fingerprint density at radius 3 is 2.29 bits per heavy atom. The Morgan fingerprint density at radius 1 is 1.00 bits per heavy atom. The molecular formula is C21H31N3O4. The van der Waals surface area contributed by atoms with Crippen LogP contribution in [-0.4, -0.2) is 78.2 Å². The zero-order valence-electron chi connectivity index (χ0n) is 16.8. The highest BCUT2D eigenvalue weighted by Crippen LogP contribution is 2.29. The van der Waals surface area contributed by atoms with Crippen LogP contribution in [0.3, 0.4) is 0 Å². The van der Waals surface area contributed by atoms with Gasteiger partial charge in [-0.1, -0.05) is 12.1 Å². The summed E-state index contributed by atoms with van der Waals surface area (Å²) in [5.74, 6) is 0.567. The molecule has 0 aromatic heterocycles. The molecule has 2 aliphatic rings. The quantitative estimate of drug-likeness (QED) is 0.713. The zero-order valence-corrected chi connectivity index (χ0v) is 16.8. The highest BCUT2D eigenvalue weighted by atomic mass is 16.5. The number of imide groups is 1. The lowest BCUT2D eigenvalue weighted by Crippen LogP contribution is -2.51. The maximum absolute atomic E-state index is 11.9. The van der Waals surface area contributed by atoms with Gasteiger partial charge in [-0.2, -0.15) is 0 Å². The molecule has 28 heavy (non-hydrogen) atoms. The molecule has 0 radical (unpaired) electrons. The van der Waals surface area contributed by atoms with E-state index in [1.165, 1.54) is 4.90 Å². The second kappa shape index (κ2) is 9.39. The summed E-state index contributed by atoms with van der Waals surface area (Å²) in [5.41, 5.74) is 1.10. The first-order chi connectivity index (χ1) is 13.4. The maximum atomic E-state index is 11.9. The van der Waals surface area contributed by atoms with Crippen LogP contribution >= 0.6 is 0 Å². The van der Waals surface area contributed by atoms with Crippen LogP contribution in [0.25, 0.3) is 0 Å². The molecule has 0 saturated carbocycles.